The quantitative estimate of drug-likeness (QED) is 0.672. The molecule has 1 heterocycles. The van der Waals surface area contributed by atoms with Gasteiger partial charge in [0.15, 0.2) is 0 Å². The van der Waals surface area contributed by atoms with Crippen LogP contribution in [-0.2, 0) is 10.0 Å². The second kappa shape index (κ2) is 9.08. The van der Waals surface area contributed by atoms with Crippen molar-refractivity contribution < 1.29 is 8.42 Å². The van der Waals surface area contributed by atoms with Gasteiger partial charge in [-0.2, -0.15) is 0 Å². The summed E-state index contributed by atoms with van der Waals surface area (Å²) in [5.74, 6) is 1.31. The molecule has 1 atom stereocenters. The Hall–Kier alpha value is -0.170. The van der Waals surface area contributed by atoms with E-state index in [9.17, 15) is 8.42 Å². The lowest BCUT2D eigenvalue weighted by Gasteiger charge is -2.25. The molecule has 1 unspecified atom stereocenters. The van der Waals surface area contributed by atoms with Gasteiger partial charge in [0, 0.05) is 12.6 Å². The van der Waals surface area contributed by atoms with Crippen LogP contribution in [0.5, 0.6) is 0 Å². The van der Waals surface area contributed by atoms with Gasteiger partial charge in [-0.25, -0.2) is 13.1 Å². The number of nitrogens with zero attached hydrogens (tertiary/aromatic N) is 1. The molecule has 0 aromatic heterocycles. The highest BCUT2D eigenvalue weighted by atomic mass is 32.2. The predicted octanol–water partition coefficient (Wildman–Crippen LogP) is 1.27. The fourth-order valence-corrected chi connectivity index (χ4v) is 4.41. The molecule has 1 saturated heterocycles. The normalized spacial score (nSPS) is 19.3. The van der Waals surface area contributed by atoms with Crippen molar-refractivity contribution in [1.29, 1.82) is 0 Å². The molecule has 6 heteroatoms. The monoisotopic (exact) mass is 319 g/mol. The number of hydrogen-bond donors (Lipinski definition) is 2. The largest absolute Gasteiger partial charge is 0.317 e. The summed E-state index contributed by atoms with van der Waals surface area (Å²) in [6, 6.07) is 0.0121. The van der Waals surface area contributed by atoms with E-state index in [1.807, 2.05) is 19.0 Å². The zero-order valence-electron chi connectivity index (χ0n) is 14.1. The van der Waals surface area contributed by atoms with Gasteiger partial charge in [0.25, 0.3) is 0 Å². The number of piperidine rings is 1. The molecule has 0 spiro atoms. The van der Waals surface area contributed by atoms with Gasteiger partial charge in [-0.05, 0) is 64.7 Å². The summed E-state index contributed by atoms with van der Waals surface area (Å²) in [4.78, 5) is 2.04. The maximum absolute atomic E-state index is 12.3. The van der Waals surface area contributed by atoms with E-state index in [1.165, 1.54) is 0 Å². The smallest absolute Gasteiger partial charge is 0.211 e. The van der Waals surface area contributed by atoms with E-state index in [2.05, 4.69) is 23.9 Å². The number of rotatable bonds is 9. The van der Waals surface area contributed by atoms with Crippen LogP contribution in [0.15, 0.2) is 0 Å². The van der Waals surface area contributed by atoms with Crippen molar-refractivity contribution in [2.45, 2.75) is 45.6 Å². The highest BCUT2D eigenvalue weighted by Crippen LogP contribution is 2.17. The van der Waals surface area contributed by atoms with Crippen molar-refractivity contribution in [3.63, 3.8) is 0 Å². The van der Waals surface area contributed by atoms with Crippen LogP contribution >= 0.6 is 0 Å². The second-order valence-electron chi connectivity index (χ2n) is 7.01. The molecule has 21 heavy (non-hydrogen) atoms. The topological polar surface area (TPSA) is 61.4 Å². The molecular weight excluding hydrogens is 286 g/mol. The van der Waals surface area contributed by atoms with Gasteiger partial charge >= 0.3 is 0 Å². The Kier molecular flexibility index (Phi) is 8.16. The third-order valence-electron chi connectivity index (χ3n) is 3.94. The van der Waals surface area contributed by atoms with Gasteiger partial charge < -0.3 is 10.2 Å². The predicted molar refractivity (Wildman–Crippen MR) is 88.9 cm³/mol. The van der Waals surface area contributed by atoms with E-state index >= 15 is 0 Å². The molecule has 126 valence electrons. The molecule has 2 N–H and O–H groups in total. The van der Waals surface area contributed by atoms with Crippen LogP contribution in [0.2, 0.25) is 0 Å². The van der Waals surface area contributed by atoms with Crippen molar-refractivity contribution in [2.75, 3.05) is 39.5 Å². The minimum atomic E-state index is -3.17. The number of nitrogens with one attached hydrogen (secondary N) is 2. The van der Waals surface area contributed by atoms with E-state index in [0.29, 0.717) is 11.8 Å². The lowest BCUT2D eigenvalue weighted by molar-refractivity contribution is 0.328. The summed E-state index contributed by atoms with van der Waals surface area (Å²) < 4.78 is 27.5. The molecular formula is C15H33N3O2S. The first-order chi connectivity index (χ1) is 9.78. The molecule has 1 aliphatic rings. The summed E-state index contributed by atoms with van der Waals surface area (Å²) in [5, 5.41) is 3.32. The summed E-state index contributed by atoms with van der Waals surface area (Å²) in [7, 11) is 0.797. The first kappa shape index (κ1) is 18.9. The molecule has 0 aromatic carbocycles. The van der Waals surface area contributed by atoms with Gasteiger partial charge in [0.1, 0.15) is 0 Å². The lowest BCUT2D eigenvalue weighted by atomic mass is 9.96. The second-order valence-corrected chi connectivity index (χ2v) is 8.88. The first-order valence-electron chi connectivity index (χ1n) is 8.14. The van der Waals surface area contributed by atoms with Gasteiger partial charge in [0.2, 0.25) is 10.0 Å². The van der Waals surface area contributed by atoms with Crippen LogP contribution in [0.1, 0.15) is 39.5 Å². The molecule has 0 aliphatic carbocycles. The minimum absolute atomic E-state index is 0.0121. The number of hydrogen-bond acceptors (Lipinski definition) is 4. The lowest BCUT2D eigenvalue weighted by Crippen LogP contribution is -2.43. The summed E-state index contributed by atoms with van der Waals surface area (Å²) in [6.07, 6.45) is 3.86. The van der Waals surface area contributed by atoms with Gasteiger partial charge in [-0.15, -0.1) is 0 Å². The van der Waals surface area contributed by atoms with Crippen molar-refractivity contribution in [3.8, 4) is 0 Å². The number of sulfonamides is 1. The van der Waals surface area contributed by atoms with Gasteiger partial charge in [-0.3, -0.25) is 0 Å². The van der Waals surface area contributed by atoms with Crippen molar-refractivity contribution in [2.24, 2.45) is 11.8 Å². The maximum atomic E-state index is 12.3. The van der Waals surface area contributed by atoms with E-state index < -0.39 is 10.0 Å². The van der Waals surface area contributed by atoms with E-state index in [0.717, 1.165) is 45.3 Å². The Bertz CT molecular complexity index is 366. The zero-order valence-corrected chi connectivity index (χ0v) is 14.9. The molecule has 0 aromatic rings. The molecule has 0 bridgehead atoms. The van der Waals surface area contributed by atoms with E-state index in [1.54, 1.807) is 0 Å². The standard InChI is InChI=1S/C15H33N3O2S/c1-13(2)11-15(12-18(3)4)17-21(19,20)10-7-14-5-8-16-9-6-14/h13-17H,5-12H2,1-4H3. The highest BCUT2D eigenvalue weighted by Gasteiger charge is 2.22. The Balaban J connectivity index is 2.46. The molecule has 5 nitrogen and oxygen atoms in total. The van der Waals surface area contributed by atoms with Crippen LogP contribution in [0, 0.1) is 11.8 Å². The van der Waals surface area contributed by atoms with Gasteiger partial charge in [0.05, 0.1) is 5.75 Å². The summed E-state index contributed by atoms with van der Waals surface area (Å²) >= 11 is 0. The highest BCUT2D eigenvalue weighted by molar-refractivity contribution is 7.89. The third-order valence-corrected chi connectivity index (χ3v) is 5.41. The minimum Gasteiger partial charge on any atom is -0.317 e. The molecule has 0 radical (unpaired) electrons. The summed E-state index contributed by atoms with van der Waals surface area (Å²) in [5.41, 5.74) is 0. The van der Waals surface area contributed by atoms with Crippen molar-refractivity contribution >= 4 is 10.0 Å². The molecule has 1 fully saturated rings. The Morgan fingerprint density at radius 1 is 1.24 bits per heavy atom. The number of likely N-dealkylation sites (N-methyl/N-ethyl adjacent to an activating group) is 1. The Labute approximate surface area is 130 Å². The SMILES string of the molecule is CC(C)CC(CN(C)C)NS(=O)(=O)CCC1CCNCC1. The van der Waals surface area contributed by atoms with Crippen LogP contribution in [-0.4, -0.2) is 58.8 Å². The van der Waals surface area contributed by atoms with Crippen LogP contribution in [0.3, 0.4) is 0 Å². The average Bonchev–Trinajstić information content (AvgIpc) is 2.35. The Morgan fingerprint density at radius 3 is 2.38 bits per heavy atom. The molecule has 1 aliphatic heterocycles. The van der Waals surface area contributed by atoms with Crippen LogP contribution in [0.4, 0.5) is 0 Å². The molecule has 0 amide bonds. The molecule has 1 rings (SSSR count). The average molecular weight is 320 g/mol. The zero-order chi connectivity index (χ0) is 15.9. The van der Waals surface area contributed by atoms with Crippen LogP contribution < -0.4 is 10.0 Å². The molecule has 0 saturated carbocycles. The van der Waals surface area contributed by atoms with Crippen LogP contribution in [0.25, 0.3) is 0 Å². The first-order valence-corrected chi connectivity index (χ1v) is 9.79. The van der Waals surface area contributed by atoms with Crippen molar-refractivity contribution in [3.05, 3.63) is 0 Å². The Morgan fingerprint density at radius 2 is 1.86 bits per heavy atom. The van der Waals surface area contributed by atoms with E-state index in [4.69, 9.17) is 0 Å². The third kappa shape index (κ3) is 8.76. The summed E-state index contributed by atoms with van der Waals surface area (Å²) in [6.45, 7) is 7.06. The van der Waals surface area contributed by atoms with Crippen molar-refractivity contribution in [1.82, 2.24) is 14.9 Å². The fraction of sp³-hybridized carbons (Fsp3) is 1.00. The maximum Gasteiger partial charge on any atom is 0.211 e. The fourth-order valence-electron chi connectivity index (χ4n) is 2.97. The van der Waals surface area contributed by atoms with E-state index in [-0.39, 0.29) is 11.8 Å². The van der Waals surface area contributed by atoms with Gasteiger partial charge in [-0.1, -0.05) is 13.8 Å².